The number of hydrogen-bond acceptors (Lipinski definition) is 2. The third-order valence-corrected chi connectivity index (χ3v) is 4.96. The molecule has 4 nitrogen and oxygen atoms in total. The van der Waals surface area contributed by atoms with Gasteiger partial charge < -0.3 is 10.2 Å². The molecule has 2 amide bonds. The van der Waals surface area contributed by atoms with Crippen LogP contribution < -0.4 is 5.32 Å². The van der Waals surface area contributed by atoms with Gasteiger partial charge in [-0.2, -0.15) is 13.2 Å². The minimum atomic E-state index is -4.66. The molecule has 0 aliphatic carbocycles. The van der Waals surface area contributed by atoms with Crippen LogP contribution in [0.15, 0.2) is 60.7 Å². The summed E-state index contributed by atoms with van der Waals surface area (Å²) in [7, 11) is 0. The second-order valence-corrected chi connectivity index (χ2v) is 7.19. The molecule has 0 unspecified atom stereocenters. The Morgan fingerprint density at radius 2 is 1.43 bits per heavy atom. The lowest BCUT2D eigenvalue weighted by molar-refractivity contribution is -0.112. The van der Waals surface area contributed by atoms with Crippen molar-refractivity contribution in [2.24, 2.45) is 0 Å². The number of allylic oxidation sites excluding steroid dienone is 1. The van der Waals surface area contributed by atoms with Crippen molar-refractivity contribution in [2.45, 2.75) is 31.9 Å². The maximum Gasteiger partial charge on any atom is 0.417 e. The van der Waals surface area contributed by atoms with Gasteiger partial charge in [0, 0.05) is 30.4 Å². The minimum Gasteiger partial charge on any atom is -0.339 e. The van der Waals surface area contributed by atoms with Gasteiger partial charge in [0.2, 0.25) is 5.91 Å². The highest BCUT2D eigenvalue weighted by Gasteiger charge is 2.35. The third-order valence-electron chi connectivity index (χ3n) is 4.96. The zero-order valence-corrected chi connectivity index (χ0v) is 16.4. The summed E-state index contributed by atoms with van der Waals surface area (Å²) >= 11 is 0. The van der Waals surface area contributed by atoms with E-state index < -0.39 is 17.7 Å². The van der Waals surface area contributed by atoms with Crippen molar-refractivity contribution >= 4 is 23.1 Å². The number of carbonyl (C=O) groups excluding carboxylic acids is 2. The number of likely N-dealkylation sites (tertiary alicyclic amines) is 1. The first-order valence-corrected chi connectivity index (χ1v) is 9.89. The predicted octanol–water partition coefficient (Wildman–Crippen LogP) is 5.29. The van der Waals surface area contributed by atoms with Crippen LogP contribution in [0.1, 0.15) is 41.6 Å². The Labute approximate surface area is 173 Å². The smallest absolute Gasteiger partial charge is 0.339 e. The maximum absolute atomic E-state index is 13.4. The van der Waals surface area contributed by atoms with Crippen LogP contribution >= 0.6 is 0 Å². The van der Waals surface area contributed by atoms with Crippen molar-refractivity contribution in [3.63, 3.8) is 0 Å². The number of alkyl halides is 3. The first-order valence-electron chi connectivity index (χ1n) is 9.89. The number of anilines is 1. The Bertz CT molecular complexity index is 898. The van der Waals surface area contributed by atoms with Gasteiger partial charge in [-0.05, 0) is 42.7 Å². The number of halogens is 3. The van der Waals surface area contributed by atoms with Gasteiger partial charge in [-0.25, -0.2) is 0 Å². The molecule has 3 rings (SSSR count). The fourth-order valence-corrected chi connectivity index (χ4v) is 3.41. The highest BCUT2D eigenvalue weighted by Crippen LogP contribution is 2.33. The summed E-state index contributed by atoms with van der Waals surface area (Å²) in [4.78, 5) is 26.6. The van der Waals surface area contributed by atoms with Crippen LogP contribution in [-0.2, 0) is 4.79 Å². The summed E-state index contributed by atoms with van der Waals surface area (Å²) in [6, 6.07) is 13.4. The molecular weight excluding hydrogens is 393 g/mol. The van der Waals surface area contributed by atoms with Crippen LogP contribution in [0, 0.1) is 0 Å². The number of amides is 2. The van der Waals surface area contributed by atoms with Gasteiger partial charge in [0.1, 0.15) is 0 Å². The van der Waals surface area contributed by atoms with Gasteiger partial charge in [-0.1, -0.05) is 43.2 Å². The Morgan fingerprint density at radius 3 is 2.00 bits per heavy atom. The van der Waals surface area contributed by atoms with Crippen LogP contribution in [0.25, 0.3) is 5.57 Å². The van der Waals surface area contributed by atoms with Gasteiger partial charge in [0.05, 0.1) is 5.57 Å². The molecule has 158 valence electrons. The zero-order chi connectivity index (χ0) is 21.6. The number of carbonyl (C=O) groups is 2. The van der Waals surface area contributed by atoms with E-state index in [0.717, 1.165) is 38.8 Å². The number of hydrogen-bond donors (Lipinski definition) is 1. The lowest BCUT2D eigenvalue weighted by Crippen LogP contribution is -2.31. The van der Waals surface area contributed by atoms with Crippen LogP contribution in [-0.4, -0.2) is 36.0 Å². The highest BCUT2D eigenvalue weighted by atomic mass is 19.4. The van der Waals surface area contributed by atoms with E-state index in [4.69, 9.17) is 0 Å². The number of nitrogens with one attached hydrogen (secondary N) is 1. The first-order chi connectivity index (χ1) is 14.3. The third kappa shape index (κ3) is 5.72. The Morgan fingerprint density at radius 1 is 0.833 bits per heavy atom. The summed E-state index contributed by atoms with van der Waals surface area (Å²) in [5.41, 5.74) is -0.295. The summed E-state index contributed by atoms with van der Waals surface area (Å²) in [5.74, 6) is -0.962. The van der Waals surface area contributed by atoms with Gasteiger partial charge in [-0.3, -0.25) is 9.59 Å². The molecule has 0 radical (unpaired) electrons. The Hall–Kier alpha value is -3.09. The van der Waals surface area contributed by atoms with E-state index in [-0.39, 0.29) is 11.5 Å². The molecule has 2 aromatic rings. The second kappa shape index (κ2) is 9.61. The van der Waals surface area contributed by atoms with E-state index in [1.54, 1.807) is 18.2 Å². The zero-order valence-electron chi connectivity index (χ0n) is 16.4. The van der Waals surface area contributed by atoms with Crippen molar-refractivity contribution in [1.82, 2.24) is 4.90 Å². The average Bonchev–Trinajstić information content (AvgIpc) is 3.01. The predicted molar refractivity (Wildman–Crippen MR) is 110 cm³/mol. The molecule has 0 atom stereocenters. The molecule has 1 heterocycles. The van der Waals surface area contributed by atoms with Gasteiger partial charge in [0.15, 0.2) is 0 Å². The van der Waals surface area contributed by atoms with Crippen LogP contribution in [0.4, 0.5) is 18.9 Å². The molecule has 0 bridgehead atoms. The van der Waals surface area contributed by atoms with E-state index in [2.05, 4.69) is 5.32 Å². The summed E-state index contributed by atoms with van der Waals surface area (Å²) < 4.78 is 40.1. The Kier molecular flexibility index (Phi) is 6.92. The van der Waals surface area contributed by atoms with Gasteiger partial charge in [0.25, 0.3) is 5.91 Å². The summed E-state index contributed by atoms with van der Waals surface area (Å²) in [6.45, 7) is 1.45. The second-order valence-electron chi connectivity index (χ2n) is 7.19. The fraction of sp³-hybridized carbons (Fsp3) is 0.304. The van der Waals surface area contributed by atoms with Gasteiger partial charge in [-0.15, -0.1) is 0 Å². The molecule has 0 aromatic heterocycles. The SMILES string of the molecule is O=C(/C=C(\c1ccccc1)C(F)(F)F)Nc1ccc(C(=O)N2CCCCCC2)cc1. The maximum atomic E-state index is 13.4. The highest BCUT2D eigenvalue weighted by molar-refractivity contribution is 6.05. The molecule has 2 aromatic carbocycles. The molecular formula is C23H23F3N2O2. The van der Waals surface area contributed by atoms with Crippen molar-refractivity contribution in [1.29, 1.82) is 0 Å². The molecule has 1 fully saturated rings. The first kappa shape index (κ1) is 21.6. The number of nitrogens with zero attached hydrogens (tertiary/aromatic N) is 1. The molecule has 0 saturated carbocycles. The molecule has 0 spiro atoms. The van der Waals surface area contributed by atoms with Crippen LogP contribution in [0.5, 0.6) is 0 Å². The molecule has 1 aliphatic rings. The van der Waals surface area contributed by atoms with E-state index in [9.17, 15) is 22.8 Å². The fourth-order valence-electron chi connectivity index (χ4n) is 3.41. The standard InChI is InChI=1S/C23H23F3N2O2/c24-23(25,26)20(17-8-4-3-5-9-17)16-21(29)27-19-12-10-18(11-13-19)22(30)28-14-6-1-2-7-15-28/h3-5,8-13,16H,1-2,6-7,14-15H2,(H,27,29)/b20-16+. The average molecular weight is 416 g/mol. The molecule has 1 N–H and O–H groups in total. The van der Waals surface area contributed by atoms with Crippen molar-refractivity contribution in [2.75, 3.05) is 18.4 Å². The molecule has 7 heteroatoms. The largest absolute Gasteiger partial charge is 0.417 e. The van der Waals surface area contributed by atoms with Crippen molar-refractivity contribution in [3.8, 4) is 0 Å². The van der Waals surface area contributed by atoms with E-state index in [0.29, 0.717) is 17.3 Å². The van der Waals surface area contributed by atoms with E-state index in [1.807, 2.05) is 4.90 Å². The molecule has 30 heavy (non-hydrogen) atoms. The van der Waals surface area contributed by atoms with E-state index in [1.165, 1.54) is 36.4 Å². The summed E-state index contributed by atoms with van der Waals surface area (Å²) in [5, 5.41) is 2.43. The summed E-state index contributed by atoms with van der Waals surface area (Å²) in [6.07, 6.45) is 0.0778. The lowest BCUT2D eigenvalue weighted by atomic mass is 10.1. The quantitative estimate of drug-likeness (QED) is 0.689. The van der Waals surface area contributed by atoms with Crippen LogP contribution in [0.3, 0.4) is 0 Å². The van der Waals surface area contributed by atoms with Crippen molar-refractivity contribution < 1.29 is 22.8 Å². The monoisotopic (exact) mass is 416 g/mol. The normalized spacial score (nSPS) is 15.4. The molecule has 1 saturated heterocycles. The van der Waals surface area contributed by atoms with Crippen molar-refractivity contribution in [3.05, 3.63) is 71.8 Å². The number of benzene rings is 2. The topological polar surface area (TPSA) is 49.4 Å². The van der Waals surface area contributed by atoms with Gasteiger partial charge >= 0.3 is 6.18 Å². The van der Waals surface area contributed by atoms with E-state index >= 15 is 0 Å². The van der Waals surface area contributed by atoms with Crippen LogP contribution in [0.2, 0.25) is 0 Å². The molecule has 1 aliphatic heterocycles. The minimum absolute atomic E-state index is 0.0712. The lowest BCUT2D eigenvalue weighted by Gasteiger charge is -2.20. The number of rotatable bonds is 4. The Balaban J connectivity index is 1.70.